The first-order chi connectivity index (χ1) is 70.2. The number of carbonyl (C=O) groups is 25. The average Bonchev–Trinajstić information content (AvgIpc) is 1.68. The third kappa shape index (κ3) is 48.0. The zero-order chi connectivity index (χ0) is 114. The monoisotopic (exact) mass is 2130 g/mol. The second-order valence-electron chi connectivity index (χ2n) is 40.3. The summed E-state index contributed by atoms with van der Waals surface area (Å²) in [4.78, 5) is 341. The molecule has 0 radical (unpaired) electrons. The first-order valence-corrected chi connectivity index (χ1v) is 51.2. The van der Waals surface area contributed by atoms with Crippen molar-refractivity contribution in [1.29, 1.82) is 0 Å². The Hall–Kier alpha value is -13.4. The molecule has 0 unspecified atom stereocenters. The quantitative estimate of drug-likeness (QED) is 0.0252. The molecule has 54 nitrogen and oxygen atoms in total. The Morgan fingerprint density at radius 3 is 1.04 bits per heavy atom. The Morgan fingerprint density at radius 2 is 0.653 bits per heavy atom. The molecular formula is C96H165N25O29. The molecule has 22 amide bonds. The molecule has 0 aromatic rings. The highest BCUT2D eigenvalue weighted by Gasteiger charge is 2.45. The molecule has 2 rings (SSSR count). The van der Waals surface area contributed by atoms with Crippen LogP contribution in [-0.4, -0.2) is 333 Å². The highest BCUT2D eigenvalue weighted by atomic mass is 16.4. The second kappa shape index (κ2) is 67.6. The first kappa shape index (κ1) is 133. The number of aliphatic carboxylic acids is 3. The zero-order valence-corrected chi connectivity index (χ0v) is 88.7. The van der Waals surface area contributed by atoms with Gasteiger partial charge in [-0.15, -0.1) is 0 Å². The number of amides is 22. The number of aliphatic hydroxyl groups is 1. The minimum Gasteiger partial charge on any atom is -0.481 e. The molecule has 2 heterocycles. The molecule has 0 aromatic carbocycles. The Bertz CT molecular complexity index is 4620. The van der Waals surface area contributed by atoms with Gasteiger partial charge in [-0.2, -0.15) is 0 Å². The minimum absolute atomic E-state index is 0.0149. The van der Waals surface area contributed by atoms with Crippen LogP contribution < -0.4 is 125 Å². The van der Waals surface area contributed by atoms with Gasteiger partial charge in [-0.05, 0) is 177 Å². The van der Waals surface area contributed by atoms with E-state index in [1.807, 2.05) is 0 Å². The van der Waals surface area contributed by atoms with E-state index >= 15 is 0 Å². The number of primary amides is 3. The van der Waals surface area contributed by atoms with Crippen molar-refractivity contribution in [3.05, 3.63) is 0 Å². The van der Waals surface area contributed by atoms with Gasteiger partial charge in [0.25, 0.3) is 0 Å². The first-order valence-electron chi connectivity index (χ1n) is 51.2. The number of unbranched alkanes of at least 4 members (excludes halogenated alkanes) is 2. The van der Waals surface area contributed by atoms with Gasteiger partial charge in [0.1, 0.15) is 103 Å². The second-order valence-corrected chi connectivity index (χ2v) is 40.3. The fraction of sp³-hybridized carbons (Fsp3) is 0.740. The van der Waals surface area contributed by atoms with Crippen LogP contribution in [0.1, 0.15) is 258 Å². The molecule has 2 aliphatic heterocycles. The molecule has 2 aliphatic rings. The summed E-state index contributed by atoms with van der Waals surface area (Å²) in [5.74, 6) is -28.3. The lowest BCUT2D eigenvalue weighted by Gasteiger charge is -2.31. The highest BCUT2D eigenvalue weighted by Crippen LogP contribution is 2.24. The Kier molecular flexibility index (Phi) is 59.8. The van der Waals surface area contributed by atoms with E-state index < -0.39 is 364 Å². The number of nitrogens with two attached hydrogens (primary N) is 6. The maximum absolute atomic E-state index is 14.7. The van der Waals surface area contributed by atoms with Crippen molar-refractivity contribution in [3.63, 3.8) is 0 Å². The number of carboxylic acids is 3. The van der Waals surface area contributed by atoms with Gasteiger partial charge in [0, 0.05) is 45.2 Å². The fourth-order valence-corrected chi connectivity index (χ4v) is 16.3. The molecule has 150 heavy (non-hydrogen) atoms. The summed E-state index contributed by atoms with van der Waals surface area (Å²) in [5, 5.41) is 81.7. The van der Waals surface area contributed by atoms with Crippen LogP contribution in [0.3, 0.4) is 0 Å². The van der Waals surface area contributed by atoms with Crippen molar-refractivity contribution in [1.82, 2.24) is 100 Å². The van der Waals surface area contributed by atoms with Crippen LogP contribution in [0.5, 0.6) is 0 Å². The molecule has 0 aliphatic carbocycles. The zero-order valence-electron chi connectivity index (χ0n) is 88.7. The number of carbonyl (C=O) groups excluding carboxylic acids is 22. The van der Waals surface area contributed by atoms with Crippen LogP contribution in [0.2, 0.25) is 0 Å². The number of aliphatic hydroxyl groups excluding tert-OH is 1. The van der Waals surface area contributed by atoms with Crippen LogP contribution in [0.4, 0.5) is 0 Å². The van der Waals surface area contributed by atoms with Crippen LogP contribution in [0.15, 0.2) is 0 Å². The van der Waals surface area contributed by atoms with Crippen molar-refractivity contribution >= 4 is 148 Å². The summed E-state index contributed by atoms with van der Waals surface area (Å²) < 4.78 is 0. The summed E-state index contributed by atoms with van der Waals surface area (Å²) in [6, 6.07) is -26.4. The maximum Gasteiger partial charge on any atom is 0.326 e. The molecular weight excluding hydrogens is 1970 g/mol. The molecule has 0 saturated carbocycles. The van der Waals surface area contributed by atoms with Gasteiger partial charge in [-0.25, -0.2) is 4.79 Å². The third-order valence-corrected chi connectivity index (χ3v) is 25.0. The molecule has 54 heteroatoms. The van der Waals surface area contributed by atoms with Crippen molar-refractivity contribution in [2.24, 2.45) is 75.8 Å². The third-order valence-electron chi connectivity index (χ3n) is 25.0. The number of rotatable bonds is 72. The van der Waals surface area contributed by atoms with Crippen molar-refractivity contribution in [2.45, 2.75) is 367 Å². The normalized spacial score (nSPS) is 16.8. The molecule has 19 atom stereocenters. The summed E-state index contributed by atoms with van der Waals surface area (Å²) in [6.07, 6.45) is -3.14. The van der Waals surface area contributed by atoms with Gasteiger partial charge < -0.3 is 155 Å². The van der Waals surface area contributed by atoms with E-state index in [1.54, 1.807) is 83.1 Å². The highest BCUT2D eigenvalue weighted by molar-refractivity contribution is 6.03. The average molecular weight is 2130 g/mol. The van der Waals surface area contributed by atoms with E-state index in [4.69, 9.17) is 39.5 Å². The predicted octanol–water partition coefficient (Wildman–Crippen LogP) is -7.17. The van der Waals surface area contributed by atoms with Gasteiger partial charge in [0.2, 0.25) is 130 Å². The minimum atomic E-state index is -1.95. The molecule has 33 N–H and O–H groups in total. The standard InChI is InChI=1S/C96H165N25O29/c1-16-53(14)78(96(149)150)119-86(139)56(23-17-19-37-97)109-93(146)76(51(10)11)117-88(141)63(42-48(4)5)112-79(132)54(15)105-71(126)44-103-90(143)66-25-22-40-121(66)95(148)61(24-18-20-38-98)111-94(147)77(52(12)13)118-89(142)64(43-49(6)7)114-84(137)60(31-36-74(130)131)108-91(144)67-26-21-39-120(67)72(127)45-104-81(134)65(46-122)115-85(138)58(29-33-69(101)124)106-82(135)57(28-32-68(100)123)107-87(140)62(41-47(2)3)113-83(136)59(30-34-70(102)125)110-92(145)75(50(8)9)116-80(133)55(99)27-35-73(128)129/h47-67,75-78,122H,16-46,97-99H2,1-15H3,(H2,100,123)(H2,101,124)(H2,102,125)(H,103,143)(H,104,134)(H,105,126)(H,106,135)(H,107,140)(H,108,144)(H,109,146)(H,110,145)(H,111,147)(H,112,132)(H,113,136)(H,114,137)(H,115,138)(H,116,133)(H,117,141)(H,118,142)(H,119,139)(H,128,129)(H,130,131)(H,149,150)/t53-,54-,55-,56-,57-,58-,59-,60-,61-,62-,63-,64-,65-,66-,67-,75-,76-,77-,78-/m0/s1. The van der Waals surface area contributed by atoms with E-state index in [9.17, 15) is 135 Å². The Morgan fingerprint density at radius 1 is 0.327 bits per heavy atom. The predicted molar refractivity (Wildman–Crippen MR) is 540 cm³/mol. The lowest BCUT2D eigenvalue weighted by atomic mass is 9.97. The summed E-state index contributed by atoms with van der Waals surface area (Å²) in [6.45, 7) is 22.0. The van der Waals surface area contributed by atoms with E-state index in [0.717, 1.165) is 4.90 Å². The topological polar surface area (TPSA) is 875 Å². The number of carboxylic acid groups (broad SMARTS) is 3. The van der Waals surface area contributed by atoms with Crippen molar-refractivity contribution in [3.8, 4) is 0 Å². The number of nitrogens with zero attached hydrogens (tertiary/aromatic N) is 2. The number of likely N-dealkylation sites (tertiary alicyclic amines) is 2. The molecule has 0 spiro atoms. The number of hydrogen-bond acceptors (Lipinski definition) is 29. The van der Waals surface area contributed by atoms with Crippen LogP contribution in [0, 0.1) is 41.4 Å². The van der Waals surface area contributed by atoms with Gasteiger partial charge in [-0.3, -0.25) is 115 Å². The molecule has 0 aromatic heterocycles. The number of nitrogens with one attached hydrogen (secondary N) is 17. The van der Waals surface area contributed by atoms with Crippen LogP contribution in [-0.2, 0) is 120 Å². The maximum atomic E-state index is 14.7. The van der Waals surface area contributed by atoms with E-state index in [2.05, 4.69) is 90.4 Å². The van der Waals surface area contributed by atoms with Gasteiger partial charge in [-0.1, -0.05) is 103 Å². The largest absolute Gasteiger partial charge is 0.481 e. The van der Waals surface area contributed by atoms with Crippen molar-refractivity contribution < 1.29 is 140 Å². The van der Waals surface area contributed by atoms with Gasteiger partial charge >= 0.3 is 17.9 Å². The van der Waals surface area contributed by atoms with Gasteiger partial charge in [0.15, 0.2) is 0 Å². The van der Waals surface area contributed by atoms with Crippen LogP contribution in [0.25, 0.3) is 0 Å². The molecule has 0 bridgehead atoms. The molecule has 2 saturated heterocycles. The lowest BCUT2D eigenvalue weighted by Crippen LogP contribution is -2.61. The Balaban J connectivity index is 2.35. The van der Waals surface area contributed by atoms with Gasteiger partial charge in [0.05, 0.1) is 25.7 Å². The molecule has 2 fully saturated rings. The smallest absolute Gasteiger partial charge is 0.326 e. The van der Waals surface area contributed by atoms with E-state index in [1.165, 1.54) is 25.7 Å². The SMILES string of the molecule is CC[C@H](C)[C@H](NC(=O)[C@H](CCCCN)NC(=O)[C@@H](NC(=O)[C@H](CC(C)C)NC(=O)[C@H](C)NC(=O)CNC(=O)[C@@H]1CCCN1C(=O)[C@H](CCCCN)NC(=O)[C@@H](NC(=O)[C@H](CC(C)C)NC(=O)[C@H](CCC(=O)O)NC(=O)[C@@H]1CCCN1C(=O)CNC(=O)[C@H](CO)NC(=O)[C@H](CCC(N)=O)NC(=O)[C@H](CCC(N)=O)NC(=O)[C@H](CC(C)C)NC(=O)[C@H](CCC(N)=O)NC(=O)[C@@H](NC(=O)[C@@H](N)CCC(=O)O)C(C)C)C(C)C)C(C)C)C(=O)O. The van der Waals surface area contributed by atoms with E-state index in [0.29, 0.717) is 32.1 Å². The van der Waals surface area contributed by atoms with Crippen LogP contribution >= 0.6 is 0 Å². The summed E-state index contributed by atoms with van der Waals surface area (Å²) in [5.41, 5.74) is 33.7. The summed E-state index contributed by atoms with van der Waals surface area (Å²) in [7, 11) is 0. The lowest BCUT2D eigenvalue weighted by molar-refractivity contribution is -0.144. The fourth-order valence-electron chi connectivity index (χ4n) is 16.3. The number of hydrogen-bond donors (Lipinski definition) is 27. The Labute approximate surface area is 873 Å². The van der Waals surface area contributed by atoms with Crippen molar-refractivity contribution in [2.75, 3.05) is 45.9 Å². The molecule has 848 valence electrons. The van der Waals surface area contributed by atoms with E-state index in [-0.39, 0.29) is 102 Å². The summed E-state index contributed by atoms with van der Waals surface area (Å²) >= 11 is 0.